The zero-order chi connectivity index (χ0) is 18.8. The van der Waals surface area contributed by atoms with Crippen LogP contribution in [0.15, 0.2) is 29.4 Å². The Labute approximate surface area is 156 Å². The van der Waals surface area contributed by atoms with Crippen molar-refractivity contribution in [2.45, 2.75) is 71.6 Å². The third-order valence-corrected chi connectivity index (χ3v) is 4.62. The highest BCUT2D eigenvalue weighted by Gasteiger charge is 2.29. The third kappa shape index (κ3) is 7.38. The average molecular weight is 357 g/mol. The van der Waals surface area contributed by atoms with Crippen molar-refractivity contribution in [3.63, 3.8) is 0 Å². The minimum atomic E-state index is -0.0341. The van der Waals surface area contributed by atoms with Gasteiger partial charge in [0.1, 0.15) is 0 Å². The highest BCUT2D eigenvalue weighted by atomic mass is 16.2. The topological polar surface area (TPSA) is 70.6 Å². The van der Waals surface area contributed by atoms with E-state index in [1.165, 1.54) is 25.7 Å². The molecular weight excluding hydrogens is 326 g/mol. The second-order valence-electron chi connectivity index (χ2n) is 7.09. The van der Waals surface area contributed by atoms with E-state index < -0.39 is 0 Å². The predicted molar refractivity (Wildman–Crippen MR) is 106 cm³/mol. The SMILES string of the molecule is CCCCCCCCC(=O)N/N=C(/C)c1ccc(NC(=O)C2CC2)cc1. The first kappa shape index (κ1) is 20.1. The molecule has 0 aliphatic heterocycles. The van der Waals surface area contributed by atoms with Crippen LogP contribution in [0.2, 0.25) is 0 Å². The Hall–Kier alpha value is -2.17. The Morgan fingerprint density at radius 1 is 1.04 bits per heavy atom. The van der Waals surface area contributed by atoms with E-state index >= 15 is 0 Å². The molecule has 0 aromatic heterocycles. The van der Waals surface area contributed by atoms with Crippen molar-refractivity contribution in [2.24, 2.45) is 11.0 Å². The van der Waals surface area contributed by atoms with Crippen molar-refractivity contribution in [3.8, 4) is 0 Å². The molecule has 26 heavy (non-hydrogen) atoms. The maximum atomic E-state index is 11.8. The number of nitrogens with one attached hydrogen (secondary N) is 2. The number of carbonyl (C=O) groups excluding carboxylic acids is 2. The zero-order valence-electron chi connectivity index (χ0n) is 16.0. The van der Waals surface area contributed by atoms with Gasteiger partial charge in [0.05, 0.1) is 5.71 Å². The lowest BCUT2D eigenvalue weighted by Crippen LogP contribution is -2.18. The molecule has 1 aromatic rings. The van der Waals surface area contributed by atoms with Gasteiger partial charge in [-0.2, -0.15) is 5.10 Å². The van der Waals surface area contributed by atoms with Gasteiger partial charge in [0, 0.05) is 18.0 Å². The summed E-state index contributed by atoms with van der Waals surface area (Å²) in [7, 11) is 0. The van der Waals surface area contributed by atoms with E-state index in [1.807, 2.05) is 31.2 Å². The number of rotatable bonds is 11. The van der Waals surface area contributed by atoms with E-state index in [0.717, 1.165) is 42.6 Å². The number of hydrazone groups is 1. The molecule has 1 fully saturated rings. The molecule has 1 aromatic carbocycles. The molecule has 2 rings (SSSR count). The number of benzene rings is 1. The lowest BCUT2D eigenvalue weighted by Gasteiger charge is -2.06. The fourth-order valence-corrected chi connectivity index (χ4v) is 2.72. The van der Waals surface area contributed by atoms with E-state index in [9.17, 15) is 9.59 Å². The number of carbonyl (C=O) groups is 2. The lowest BCUT2D eigenvalue weighted by molar-refractivity contribution is -0.121. The molecule has 0 atom stereocenters. The van der Waals surface area contributed by atoms with Crippen molar-refractivity contribution < 1.29 is 9.59 Å². The van der Waals surface area contributed by atoms with E-state index in [4.69, 9.17) is 0 Å². The average Bonchev–Trinajstić information content (AvgIpc) is 3.48. The number of hydrogen-bond donors (Lipinski definition) is 2. The van der Waals surface area contributed by atoms with Gasteiger partial charge < -0.3 is 5.32 Å². The Balaban J connectivity index is 1.70. The predicted octanol–water partition coefficient (Wildman–Crippen LogP) is 4.63. The summed E-state index contributed by atoms with van der Waals surface area (Å²) < 4.78 is 0. The number of unbranched alkanes of at least 4 members (excludes halogenated alkanes) is 5. The molecule has 0 saturated heterocycles. The van der Waals surface area contributed by atoms with E-state index in [0.29, 0.717) is 6.42 Å². The van der Waals surface area contributed by atoms with Crippen molar-refractivity contribution in [3.05, 3.63) is 29.8 Å². The van der Waals surface area contributed by atoms with Gasteiger partial charge in [0.2, 0.25) is 11.8 Å². The Bertz CT molecular complexity index is 619. The first-order valence-electron chi connectivity index (χ1n) is 9.84. The molecule has 1 aliphatic rings. The van der Waals surface area contributed by atoms with Gasteiger partial charge in [0.25, 0.3) is 0 Å². The number of amides is 2. The second kappa shape index (κ2) is 10.7. The number of anilines is 1. The summed E-state index contributed by atoms with van der Waals surface area (Å²) in [6.07, 6.45) is 9.50. The summed E-state index contributed by atoms with van der Waals surface area (Å²) in [5.74, 6) is 0.262. The second-order valence-corrected chi connectivity index (χ2v) is 7.09. The van der Waals surface area contributed by atoms with Crippen LogP contribution in [0, 0.1) is 5.92 Å². The van der Waals surface area contributed by atoms with Gasteiger partial charge in [-0.05, 0) is 43.9 Å². The fourth-order valence-electron chi connectivity index (χ4n) is 2.72. The van der Waals surface area contributed by atoms with Crippen molar-refractivity contribution >= 4 is 23.2 Å². The van der Waals surface area contributed by atoms with Gasteiger partial charge in [-0.15, -0.1) is 0 Å². The van der Waals surface area contributed by atoms with Crippen LogP contribution in [0.1, 0.15) is 77.2 Å². The van der Waals surface area contributed by atoms with Gasteiger partial charge in [0.15, 0.2) is 0 Å². The van der Waals surface area contributed by atoms with E-state index in [-0.39, 0.29) is 17.7 Å². The molecule has 2 amide bonds. The highest BCUT2D eigenvalue weighted by molar-refractivity contribution is 6.00. The molecule has 0 bridgehead atoms. The largest absolute Gasteiger partial charge is 0.326 e. The number of nitrogens with zero attached hydrogens (tertiary/aromatic N) is 1. The molecule has 142 valence electrons. The first-order chi connectivity index (χ1) is 12.6. The van der Waals surface area contributed by atoms with Crippen molar-refractivity contribution in [1.82, 2.24) is 5.43 Å². The zero-order valence-corrected chi connectivity index (χ0v) is 16.0. The summed E-state index contributed by atoms with van der Waals surface area (Å²) in [6, 6.07) is 7.54. The van der Waals surface area contributed by atoms with Crippen LogP contribution in [-0.4, -0.2) is 17.5 Å². The van der Waals surface area contributed by atoms with Crippen molar-refractivity contribution in [1.29, 1.82) is 0 Å². The summed E-state index contributed by atoms with van der Waals surface area (Å²) in [5, 5.41) is 7.09. The summed E-state index contributed by atoms with van der Waals surface area (Å²) >= 11 is 0. The maximum Gasteiger partial charge on any atom is 0.240 e. The summed E-state index contributed by atoms with van der Waals surface area (Å²) in [5.41, 5.74) is 5.11. The van der Waals surface area contributed by atoms with E-state index in [2.05, 4.69) is 22.8 Å². The first-order valence-corrected chi connectivity index (χ1v) is 9.84. The van der Waals surface area contributed by atoms with Crippen LogP contribution in [-0.2, 0) is 9.59 Å². The van der Waals surface area contributed by atoms with E-state index in [1.54, 1.807) is 0 Å². The molecule has 2 N–H and O–H groups in total. The van der Waals surface area contributed by atoms with Crippen LogP contribution in [0.5, 0.6) is 0 Å². The smallest absolute Gasteiger partial charge is 0.240 e. The third-order valence-electron chi connectivity index (χ3n) is 4.62. The van der Waals surface area contributed by atoms with Gasteiger partial charge in [-0.1, -0.05) is 51.2 Å². The molecule has 0 spiro atoms. The molecule has 0 unspecified atom stereocenters. The summed E-state index contributed by atoms with van der Waals surface area (Å²) in [6.45, 7) is 4.06. The minimum absolute atomic E-state index is 0.0341. The molecular formula is C21H31N3O2. The van der Waals surface area contributed by atoms with Gasteiger partial charge in [-0.3, -0.25) is 9.59 Å². The quantitative estimate of drug-likeness (QED) is 0.344. The number of hydrogen-bond acceptors (Lipinski definition) is 3. The Morgan fingerprint density at radius 3 is 2.35 bits per heavy atom. The normalized spacial score (nSPS) is 14.2. The monoisotopic (exact) mass is 357 g/mol. The van der Waals surface area contributed by atoms with Gasteiger partial charge >= 0.3 is 0 Å². The van der Waals surface area contributed by atoms with Crippen LogP contribution in [0.25, 0.3) is 0 Å². The molecule has 1 aliphatic carbocycles. The van der Waals surface area contributed by atoms with Crippen LogP contribution in [0.3, 0.4) is 0 Å². The fraction of sp³-hybridized carbons (Fsp3) is 0.571. The highest BCUT2D eigenvalue weighted by Crippen LogP contribution is 2.30. The molecule has 5 heteroatoms. The molecule has 0 radical (unpaired) electrons. The van der Waals surface area contributed by atoms with Crippen molar-refractivity contribution in [2.75, 3.05) is 5.32 Å². The maximum absolute atomic E-state index is 11.8. The Morgan fingerprint density at radius 2 is 1.69 bits per heavy atom. The Kier molecular flexibility index (Phi) is 8.32. The van der Waals surface area contributed by atoms with Crippen LogP contribution >= 0.6 is 0 Å². The molecule has 0 heterocycles. The summed E-state index contributed by atoms with van der Waals surface area (Å²) in [4.78, 5) is 23.6. The standard InChI is InChI=1S/C21H31N3O2/c1-3-4-5-6-7-8-9-20(25)24-23-16(2)17-12-14-19(15-13-17)22-21(26)18-10-11-18/h12-15,18H,3-11H2,1-2H3,(H,22,26)(H,24,25)/b23-16-. The lowest BCUT2D eigenvalue weighted by atomic mass is 10.1. The minimum Gasteiger partial charge on any atom is -0.326 e. The van der Waals surface area contributed by atoms with Crippen LogP contribution in [0.4, 0.5) is 5.69 Å². The van der Waals surface area contributed by atoms with Crippen LogP contribution < -0.4 is 10.7 Å². The molecule has 5 nitrogen and oxygen atoms in total. The molecule has 1 saturated carbocycles. The van der Waals surface area contributed by atoms with Gasteiger partial charge in [-0.25, -0.2) is 5.43 Å².